The van der Waals surface area contributed by atoms with Gasteiger partial charge in [-0.15, -0.1) is 0 Å². The lowest BCUT2D eigenvalue weighted by Crippen LogP contribution is -2.51. The molecule has 0 spiro atoms. The molecule has 2 atom stereocenters. The molecule has 2 rings (SSSR count). The van der Waals surface area contributed by atoms with E-state index in [4.69, 9.17) is 5.11 Å². The number of carbonyl (C=O) groups is 1. The summed E-state index contributed by atoms with van der Waals surface area (Å²) < 4.78 is 27.7. The van der Waals surface area contributed by atoms with Crippen LogP contribution in [0.4, 0.5) is 8.78 Å². The van der Waals surface area contributed by atoms with E-state index in [-0.39, 0.29) is 31.5 Å². The van der Waals surface area contributed by atoms with E-state index in [0.29, 0.717) is 32.5 Å². The Hall–Kier alpha value is -0.750. The number of aliphatic hydroxyl groups is 1. The third kappa shape index (κ3) is 3.47. The Bertz CT molecular complexity index is 352. The summed E-state index contributed by atoms with van der Waals surface area (Å²) >= 11 is 0. The van der Waals surface area contributed by atoms with Gasteiger partial charge in [0.15, 0.2) is 0 Å². The van der Waals surface area contributed by atoms with Crippen LogP contribution in [-0.4, -0.2) is 66.1 Å². The van der Waals surface area contributed by atoms with Crippen LogP contribution in [0.1, 0.15) is 26.2 Å². The molecule has 0 aromatic heterocycles. The molecule has 2 heterocycles. The van der Waals surface area contributed by atoms with Gasteiger partial charge in [0.2, 0.25) is 5.91 Å². The molecular weight excluding hydrogens is 266 g/mol. The zero-order valence-corrected chi connectivity index (χ0v) is 12.0. The van der Waals surface area contributed by atoms with Gasteiger partial charge in [-0.3, -0.25) is 9.69 Å². The third-order valence-electron chi connectivity index (χ3n) is 4.57. The molecule has 0 aromatic rings. The minimum Gasteiger partial charge on any atom is -0.396 e. The standard InChI is InChI=1S/C14H24F2N2O2/c1-2-12-4-5-17(10-14(12,15)16)8-13(20)18-6-3-11(7-18)9-19/h11-12,19H,2-10H2,1H3. The summed E-state index contributed by atoms with van der Waals surface area (Å²) in [5, 5.41) is 9.06. The first-order valence-electron chi connectivity index (χ1n) is 7.45. The minimum absolute atomic E-state index is 0.0736. The van der Waals surface area contributed by atoms with Crippen LogP contribution in [0.2, 0.25) is 0 Å². The first-order valence-corrected chi connectivity index (χ1v) is 7.45. The molecule has 6 heteroatoms. The summed E-state index contributed by atoms with van der Waals surface area (Å²) in [5.74, 6) is -3.19. The Morgan fingerprint density at radius 1 is 1.35 bits per heavy atom. The smallest absolute Gasteiger partial charge is 0.263 e. The summed E-state index contributed by atoms with van der Waals surface area (Å²) in [4.78, 5) is 15.4. The van der Waals surface area contributed by atoms with Gasteiger partial charge in [0.1, 0.15) is 0 Å². The molecule has 0 saturated carbocycles. The van der Waals surface area contributed by atoms with Crippen LogP contribution in [-0.2, 0) is 4.79 Å². The molecule has 4 nitrogen and oxygen atoms in total. The van der Waals surface area contributed by atoms with Crippen LogP contribution in [0.15, 0.2) is 0 Å². The number of piperidine rings is 1. The van der Waals surface area contributed by atoms with Crippen molar-refractivity contribution in [2.24, 2.45) is 11.8 Å². The lowest BCUT2D eigenvalue weighted by Gasteiger charge is -2.38. The molecule has 0 aliphatic carbocycles. The van der Waals surface area contributed by atoms with Gasteiger partial charge >= 0.3 is 0 Å². The number of halogens is 2. The lowest BCUT2D eigenvalue weighted by atomic mass is 9.90. The highest BCUT2D eigenvalue weighted by Gasteiger charge is 2.43. The Morgan fingerprint density at radius 3 is 2.65 bits per heavy atom. The maximum atomic E-state index is 13.9. The topological polar surface area (TPSA) is 43.8 Å². The molecule has 1 amide bonds. The van der Waals surface area contributed by atoms with Crippen molar-refractivity contribution in [3.8, 4) is 0 Å². The van der Waals surface area contributed by atoms with Gasteiger partial charge in [-0.1, -0.05) is 6.92 Å². The monoisotopic (exact) mass is 290 g/mol. The number of carbonyl (C=O) groups excluding carboxylic acids is 1. The van der Waals surface area contributed by atoms with E-state index in [0.717, 1.165) is 6.42 Å². The number of likely N-dealkylation sites (tertiary alicyclic amines) is 2. The van der Waals surface area contributed by atoms with E-state index < -0.39 is 11.8 Å². The number of nitrogens with zero attached hydrogens (tertiary/aromatic N) is 2. The third-order valence-corrected chi connectivity index (χ3v) is 4.57. The van der Waals surface area contributed by atoms with Crippen molar-refractivity contribution in [1.82, 2.24) is 9.80 Å². The van der Waals surface area contributed by atoms with Crippen molar-refractivity contribution < 1.29 is 18.7 Å². The second-order valence-electron chi connectivity index (χ2n) is 6.04. The highest BCUT2D eigenvalue weighted by atomic mass is 19.3. The minimum atomic E-state index is -2.69. The van der Waals surface area contributed by atoms with Gasteiger partial charge in [0, 0.05) is 31.5 Å². The van der Waals surface area contributed by atoms with Gasteiger partial charge in [-0.25, -0.2) is 8.78 Å². The Labute approximate surface area is 118 Å². The highest BCUT2D eigenvalue weighted by Crippen LogP contribution is 2.34. The summed E-state index contributed by atoms with van der Waals surface area (Å²) in [5.41, 5.74) is 0. The van der Waals surface area contributed by atoms with Crippen molar-refractivity contribution in [3.63, 3.8) is 0 Å². The van der Waals surface area contributed by atoms with Crippen molar-refractivity contribution in [1.29, 1.82) is 0 Å². The predicted octanol–water partition coefficient (Wildman–Crippen LogP) is 1.19. The molecule has 2 aliphatic heterocycles. The van der Waals surface area contributed by atoms with Gasteiger partial charge in [0.05, 0.1) is 13.1 Å². The zero-order valence-electron chi connectivity index (χ0n) is 12.0. The maximum Gasteiger partial charge on any atom is 0.263 e. The molecule has 0 bridgehead atoms. The molecule has 116 valence electrons. The Morgan fingerprint density at radius 2 is 2.10 bits per heavy atom. The second kappa shape index (κ2) is 6.35. The predicted molar refractivity (Wildman–Crippen MR) is 71.6 cm³/mol. The van der Waals surface area contributed by atoms with E-state index >= 15 is 0 Å². The molecular formula is C14H24F2N2O2. The fourth-order valence-corrected chi connectivity index (χ4v) is 3.19. The van der Waals surface area contributed by atoms with Crippen LogP contribution >= 0.6 is 0 Å². The summed E-state index contributed by atoms with van der Waals surface area (Å²) in [6, 6.07) is 0. The number of hydrogen-bond donors (Lipinski definition) is 1. The second-order valence-corrected chi connectivity index (χ2v) is 6.04. The fourth-order valence-electron chi connectivity index (χ4n) is 3.19. The molecule has 0 radical (unpaired) electrons. The SMILES string of the molecule is CCC1CCN(CC(=O)N2CCC(CO)C2)CC1(F)F. The highest BCUT2D eigenvalue weighted by molar-refractivity contribution is 5.78. The van der Waals surface area contributed by atoms with Crippen LogP contribution < -0.4 is 0 Å². The molecule has 2 saturated heterocycles. The molecule has 2 unspecified atom stereocenters. The number of hydrogen-bond acceptors (Lipinski definition) is 3. The maximum absolute atomic E-state index is 13.9. The largest absolute Gasteiger partial charge is 0.396 e. The van der Waals surface area contributed by atoms with Crippen LogP contribution in [0.3, 0.4) is 0 Å². The van der Waals surface area contributed by atoms with Gasteiger partial charge in [0.25, 0.3) is 5.92 Å². The van der Waals surface area contributed by atoms with E-state index in [1.807, 2.05) is 0 Å². The molecule has 0 aromatic carbocycles. The average Bonchev–Trinajstić information content (AvgIpc) is 2.86. The number of rotatable bonds is 4. The van der Waals surface area contributed by atoms with Gasteiger partial charge in [-0.05, 0) is 25.8 Å². The Kier molecular flexibility index (Phi) is 4.96. The molecule has 1 N–H and O–H groups in total. The lowest BCUT2D eigenvalue weighted by molar-refractivity contribution is -0.139. The van der Waals surface area contributed by atoms with Crippen molar-refractivity contribution >= 4 is 5.91 Å². The normalized spacial score (nSPS) is 30.7. The van der Waals surface area contributed by atoms with Crippen LogP contribution in [0.25, 0.3) is 0 Å². The summed E-state index contributed by atoms with van der Waals surface area (Å²) in [7, 11) is 0. The average molecular weight is 290 g/mol. The molecule has 20 heavy (non-hydrogen) atoms. The summed E-state index contributed by atoms with van der Waals surface area (Å²) in [6.45, 7) is 3.39. The first kappa shape index (κ1) is 15.6. The van der Waals surface area contributed by atoms with E-state index in [2.05, 4.69) is 0 Å². The molecule has 2 aliphatic rings. The fraction of sp³-hybridized carbons (Fsp3) is 0.929. The quantitative estimate of drug-likeness (QED) is 0.846. The van der Waals surface area contributed by atoms with Crippen LogP contribution in [0.5, 0.6) is 0 Å². The first-order chi connectivity index (χ1) is 9.46. The van der Waals surface area contributed by atoms with Crippen LogP contribution in [0, 0.1) is 11.8 Å². The van der Waals surface area contributed by atoms with Gasteiger partial charge in [-0.2, -0.15) is 0 Å². The number of amides is 1. The number of alkyl halides is 2. The summed E-state index contributed by atoms with van der Waals surface area (Å²) in [6.07, 6.45) is 1.74. The van der Waals surface area contributed by atoms with E-state index in [1.54, 1.807) is 16.7 Å². The van der Waals surface area contributed by atoms with Crippen molar-refractivity contribution in [3.05, 3.63) is 0 Å². The zero-order chi connectivity index (χ0) is 14.8. The Balaban J connectivity index is 1.84. The van der Waals surface area contributed by atoms with Gasteiger partial charge < -0.3 is 10.0 Å². The van der Waals surface area contributed by atoms with Crippen molar-refractivity contribution in [2.45, 2.75) is 32.1 Å². The molecule has 2 fully saturated rings. The van der Waals surface area contributed by atoms with E-state index in [1.165, 1.54) is 0 Å². The van der Waals surface area contributed by atoms with E-state index in [9.17, 15) is 13.6 Å². The number of aliphatic hydroxyl groups excluding tert-OH is 1. The van der Waals surface area contributed by atoms with Crippen molar-refractivity contribution in [2.75, 3.05) is 39.3 Å².